The van der Waals surface area contributed by atoms with E-state index in [1.807, 2.05) is 6.20 Å². The topological polar surface area (TPSA) is 27.0 Å². The molecule has 24 heavy (non-hydrogen) atoms. The van der Waals surface area contributed by atoms with E-state index in [-0.39, 0.29) is 0 Å². The summed E-state index contributed by atoms with van der Waals surface area (Å²) in [6.07, 6.45) is 6.80. The molecule has 0 aromatic carbocycles. The van der Waals surface area contributed by atoms with Crippen LogP contribution in [0.25, 0.3) is 5.65 Å². The van der Waals surface area contributed by atoms with Crippen molar-refractivity contribution in [3.63, 3.8) is 0 Å². The van der Waals surface area contributed by atoms with E-state index in [9.17, 15) is 0 Å². The van der Waals surface area contributed by atoms with E-state index < -0.39 is 0 Å². The molecule has 0 unspecified atom stereocenters. The number of rotatable bonds is 3. The second-order valence-corrected chi connectivity index (χ2v) is 7.52. The quantitative estimate of drug-likeness (QED) is 0.863. The first-order chi connectivity index (χ1) is 11.7. The second-order valence-electron chi connectivity index (χ2n) is 7.52. The Bertz CT molecular complexity index is 678. The van der Waals surface area contributed by atoms with Gasteiger partial charge in [-0.15, -0.1) is 0 Å². The van der Waals surface area contributed by atoms with Crippen LogP contribution in [-0.2, 0) is 0 Å². The molecule has 2 fully saturated rings. The molecule has 0 atom stereocenters. The van der Waals surface area contributed by atoms with Gasteiger partial charge in [0.1, 0.15) is 0 Å². The Labute approximate surface area is 144 Å². The zero-order chi connectivity index (χ0) is 16.5. The summed E-state index contributed by atoms with van der Waals surface area (Å²) < 4.78 is 2.19. The van der Waals surface area contributed by atoms with E-state index in [0.717, 1.165) is 24.7 Å². The molecule has 0 saturated carbocycles. The highest BCUT2D eigenvalue weighted by Crippen LogP contribution is 2.24. The van der Waals surface area contributed by atoms with Crippen molar-refractivity contribution in [3.05, 3.63) is 30.2 Å². The van der Waals surface area contributed by atoms with Gasteiger partial charge < -0.3 is 14.2 Å². The summed E-state index contributed by atoms with van der Waals surface area (Å²) in [5.74, 6) is 0.895. The summed E-state index contributed by atoms with van der Waals surface area (Å²) in [6.45, 7) is 10.5. The molecule has 0 spiro atoms. The average Bonchev–Trinajstić information content (AvgIpc) is 2.99. The third-order valence-electron chi connectivity index (χ3n) is 5.77. The minimum atomic E-state index is 0.895. The van der Waals surface area contributed by atoms with Crippen molar-refractivity contribution < 1.29 is 0 Å². The smallest absolute Gasteiger partial charge is 0.160 e. The number of hydrogen-bond donors (Lipinski definition) is 0. The molecule has 2 aromatic rings. The first-order valence-electron chi connectivity index (χ1n) is 9.29. The van der Waals surface area contributed by atoms with Crippen LogP contribution in [0.15, 0.2) is 24.5 Å². The zero-order valence-electron chi connectivity index (χ0n) is 15.0. The SMILES string of the molecule is Cc1cnc2c(N3CCN(CC4CCN(C)CC4)CC3)cccn12. The minimum Gasteiger partial charge on any atom is -0.366 e. The highest BCUT2D eigenvalue weighted by Gasteiger charge is 2.23. The highest BCUT2D eigenvalue weighted by atomic mass is 15.3. The Morgan fingerprint density at radius 3 is 2.58 bits per heavy atom. The van der Waals surface area contributed by atoms with Crippen LogP contribution in [0.5, 0.6) is 0 Å². The van der Waals surface area contributed by atoms with Gasteiger partial charge in [-0.25, -0.2) is 4.98 Å². The lowest BCUT2D eigenvalue weighted by Crippen LogP contribution is -2.48. The first-order valence-corrected chi connectivity index (χ1v) is 9.29. The van der Waals surface area contributed by atoms with Gasteiger partial charge in [0.25, 0.3) is 0 Å². The maximum Gasteiger partial charge on any atom is 0.160 e. The largest absolute Gasteiger partial charge is 0.366 e. The summed E-state index contributed by atoms with van der Waals surface area (Å²) in [5.41, 5.74) is 3.58. The maximum absolute atomic E-state index is 4.62. The standard InChI is InChI=1S/C19H29N5/c1-16-14-20-19-18(4-3-7-24(16)19)23-12-10-22(11-13-23)15-17-5-8-21(2)9-6-17/h3-4,7,14,17H,5-6,8-13,15H2,1-2H3. The number of anilines is 1. The van der Waals surface area contributed by atoms with E-state index in [2.05, 4.69) is 56.4 Å². The number of imidazole rings is 1. The Morgan fingerprint density at radius 2 is 1.83 bits per heavy atom. The molecule has 4 heterocycles. The molecule has 0 N–H and O–H groups in total. The van der Waals surface area contributed by atoms with Crippen molar-refractivity contribution >= 4 is 11.3 Å². The number of hydrogen-bond acceptors (Lipinski definition) is 4. The van der Waals surface area contributed by atoms with Gasteiger partial charge in [0.05, 0.1) is 5.69 Å². The number of piperidine rings is 1. The zero-order valence-corrected chi connectivity index (χ0v) is 15.0. The van der Waals surface area contributed by atoms with Crippen molar-refractivity contribution in [2.75, 3.05) is 57.8 Å². The fourth-order valence-electron chi connectivity index (χ4n) is 4.15. The van der Waals surface area contributed by atoms with Gasteiger partial charge >= 0.3 is 0 Å². The van der Waals surface area contributed by atoms with Gasteiger partial charge in [0, 0.05) is 50.8 Å². The normalized spacial score (nSPS) is 21.7. The van der Waals surface area contributed by atoms with Crippen molar-refractivity contribution in [1.82, 2.24) is 19.2 Å². The van der Waals surface area contributed by atoms with E-state index >= 15 is 0 Å². The molecule has 2 aromatic heterocycles. The van der Waals surface area contributed by atoms with E-state index in [0.29, 0.717) is 0 Å². The number of nitrogens with zero attached hydrogens (tertiary/aromatic N) is 5. The Morgan fingerprint density at radius 1 is 1.08 bits per heavy atom. The van der Waals surface area contributed by atoms with Crippen LogP contribution in [0.1, 0.15) is 18.5 Å². The third-order valence-corrected chi connectivity index (χ3v) is 5.77. The molecule has 0 radical (unpaired) electrons. The van der Waals surface area contributed by atoms with Crippen LogP contribution < -0.4 is 4.90 Å². The van der Waals surface area contributed by atoms with Gasteiger partial charge in [-0.2, -0.15) is 0 Å². The molecule has 130 valence electrons. The van der Waals surface area contributed by atoms with Gasteiger partial charge in [-0.05, 0) is 58.0 Å². The number of aromatic nitrogens is 2. The molecule has 4 rings (SSSR count). The van der Waals surface area contributed by atoms with Gasteiger partial charge in [0.2, 0.25) is 0 Å². The summed E-state index contributed by atoms with van der Waals surface area (Å²) >= 11 is 0. The number of aryl methyl sites for hydroxylation is 1. The highest BCUT2D eigenvalue weighted by molar-refractivity contribution is 5.69. The predicted octanol–water partition coefficient (Wildman–Crippen LogP) is 2.11. The van der Waals surface area contributed by atoms with E-state index in [1.54, 1.807) is 0 Å². The fraction of sp³-hybridized carbons (Fsp3) is 0.632. The van der Waals surface area contributed by atoms with Gasteiger partial charge in [-0.3, -0.25) is 4.90 Å². The molecule has 0 amide bonds. The van der Waals surface area contributed by atoms with Crippen molar-refractivity contribution in [3.8, 4) is 0 Å². The molecule has 2 aliphatic rings. The summed E-state index contributed by atoms with van der Waals surface area (Å²) in [7, 11) is 2.24. The number of likely N-dealkylation sites (tertiary alicyclic amines) is 1. The maximum atomic E-state index is 4.62. The molecular weight excluding hydrogens is 298 g/mol. The van der Waals surface area contributed by atoms with Crippen LogP contribution >= 0.6 is 0 Å². The van der Waals surface area contributed by atoms with Gasteiger partial charge in [0.15, 0.2) is 5.65 Å². The molecule has 5 nitrogen and oxygen atoms in total. The Hall–Kier alpha value is -1.59. The van der Waals surface area contributed by atoms with Crippen molar-refractivity contribution in [2.45, 2.75) is 19.8 Å². The lowest BCUT2D eigenvalue weighted by atomic mass is 9.96. The summed E-state index contributed by atoms with van der Waals surface area (Å²) in [4.78, 5) is 12.3. The van der Waals surface area contributed by atoms with Crippen LogP contribution in [0.2, 0.25) is 0 Å². The molecular formula is C19H29N5. The van der Waals surface area contributed by atoms with Crippen LogP contribution in [0.4, 0.5) is 5.69 Å². The minimum absolute atomic E-state index is 0.895. The first kappa shape index (κ1) is 15.9. The monoisotopic (exact) mass is 327 g/mol. The van der Waals surface area contributed by atoms with E-state index in [1.165, 1.54) is 56.9 Å². The number of piperazine rings is 1. The molecule has 5 heteroatoms. The molecule has 2 aliphatic heterocycles. The predicted molar refractivity (Wildman–Crippen MR) is 98.8 cm³/mol. The van der Waals surface area contributed by atoms with Crippen LogP contribution in [0.3, 0.4) is 0 Å². The Balaban J connectivity index is 1.37. The molecule has 0 aliphatic carbocycles. The number of fused-ring (bicyclic) bond motifs is 1. The lowest BCUT2D eigenvalue weighted by molar-refractivity contribution is 0.156. The van der Waals surface area contributed by atoms with Crippen molar-refractivity contribution in [1.29, 1.82) is 0 Å². The summed E-state index contributed by atoms with van der Waals surface area (Å²) in [6, 6.07) is 4.36. The summed E-state index contributed by atoms with van der Waals surface area (Å²) in [5, 5.41) is 0. The second kappa shape index (κ2) is 6.73. The Kier molecular flexibility index (Phi) is 4.46. The van der Waals surface area contributed by atoms with Crippen molar-refractivity contribution in [2.24, 2.45) is 5.92 Å². The lowest BCUT2D eigenvalue weighted by Gasteiger charge is -2.39. The fourth-order valence-corrected chi connectivity index (χ4v) is 4.15. The van der Waals surface area contributed by atoms with Crippen LogP contribution in [0, 0.1) is 12.8 Å². The average molecular weight is 327 g/mol. The van der Waals surface area contributed by atoms with Crippen LogP contribution in [-0.4, -0.2) is 72.0 Å². The molecule has 2 saturated heterocycles. The molecule has 0 bridgehead atoms. The van der Waals surface area contributed by atoms with E-state index in [4.69, 9.17) is 0 Å². The van der Waals surface area contributed by atoms with Gasteiger partial charge in [-0.1, -0.05) is 0 Å². The third kappa shape index (κ3) is 3.15. The number of pyridine rings is 1.